The third kappa shape index (κ3) is 3.34. The summed E-state index contributed by atoms with van der Waals surface area (Å²) in [5.41, 5.74) is 1.07. The molecule has 0 unspecified atom stereocenters. The molecule has 1 aliphatic heterocycles. The third-order valence-electron chi connectivity index (χ3n) is 4.57. The van der Waals surface area contributed by atoms with E-state index in [9.17, 15) is 8.78 Å². The van der Waals surface area contributed by atoms with E-state index in [-0.39, 0.29) is 11.7 Å². The van der Waals surface area contributed by atoms with Crippen LogP contribution in [0.3, 0.4) is 0 Å². The highest BCUT2D eigenvalue weighted by Gasteiger charge is 2.20. The molecule has 0 aliphatic carbocycles. The molecule has 1 fully saturated rings. The number of piperidine rings is 1. The smallest absolute Gasteiger partial charge is 0.160 e. The number of anilines is 1. The Labute approximate surface area is 148 Å². The average molecular weight is 360 g/mol. The Morgan fingerprint density at radius 3 is 2.64 bits per heavy atom. The number of benzene rings is 1. The first-order valence-corrected chi connectivity index (χ1v) is 9.13. The topological polar surface area (TPSA) is 41.0 Å². The minimum Gasteiger partial charge on any atom is -0.377 e. The van der Waals surface area contributed by atoms with Gasteiger partial charge in [0.2, 0.25) is 0 Å². The summed E-state index contributed by atoms with van der Waals surface area (Å²) in [7, 11) is 2.05. The Balaban J connectivity index is 1.61. The van der Waals surface area contributed by atoms with E-state index in [0.717, 1.165) is 36.1 Å². The predicted molar refractivity (Wildman–Crippen MR) is 96.9 cm³/mol. The Bertz CT molecular complexity index is 880. The van der Waals surface area contributed by atoms with Crippen LogP contribution in [0.1, 0.15) is 12.8 Å². The van der Waals surface area contributed by atoms with Crippen LogP contribution in [0.2, 0.25) is 0 Å². The van der Waals surface area contributed by atoms with Gasteiger partial charge in [0.05, 0.1) is 10.2 Å². The molecule has 0 bridgehead atoms. The minimum absolute atomic E-state index is 0.0603. The van der Waals surface area contributed by atoms with Crippen LogP contribution >= 0.6 is 11.3 Å². The molecule has 1 aromatic carbocycles. The maximum Gasteiger partial charge on any atom is 0.160 e. The van der Waals surface area contributed by atoms with Crippen molar-refractivity contribution in [2.45, 2.75) is 18.9 Å². The second-order valence-corrected chi connectivity index (χ2v) is 7.35. The van der Waals surface area contributed by atoms with E-state index in [1.165, 1.54) is 23.5 Å². The number of nitrogens with one attached hydrogen (secondary N) is 1. The van der Waals surface area contributed by atoms with Crippen molar-refractivity contribution in [3.8, 4) is 11.4 Å². The predicted octanol–water partition coefficient (Wildman–Crippen LogP) is 4.14. The molecule has 25 heavy (non-hydrogen) atoms. The van der Waals surface area contributed by atoms with Gasteiger partial charge >= 0.3 is 0 Å². The molecule has 0 atom stereocenters. The van der Waals surface area contributed by atoms with Crippen LogP contribution < -0.4 is 5.32 Å². The molecule has 0 spiro atoms. The fourth-order valence-electron chi connectivity index (χ4n) is 3.10. The Morgan fingerprint density at radius 1 is 1.20 bits per heavy atom. The van der Waals surface area contributed by atoms with Crippen molar-refractivity contribution in [1.82, 2.24) is 14.9 Å². The number of fused-ring (bicyclic) bond motifs is 1. The maximum atomic E-state index is 14.5. The molecule has 0 saturated carbocycles. The number of hydrogen-bond acceptors (Lipinski definition) is 5. The summed E-state index contributed by atoms with van der Waals surface area (Å²) < 4.78 is 30.0. The fourth-order valence-corrected chi connectivity index (χ4v) is 3.79. The number of nitrogens with zero attached hydrogens (tertiary/aromatic N) is 3. The van der Waals surface area contributed by atoms with Gasteiger partial charge < -0.3 is 10.2 Å². The standard InChI is InChI=1S/C18H18F2N4S/c1-24-5-2-12(3-6-24)22-17-13(19)8-11(9-14(17)20)18-21-10-16-15(23-18)4-7-25-16/h4,7-10,12,22H,2-3,5-6H2,1H3. The Morgan fingerprint density at radius 2 is 1.92 bits per heavy atom. The summed E-state index contributed by atoms with van der Waals surface area (Å²) in [6, 6.07) is 4.56. The summed E-state index contributed by atoms with van der Waals surface area (Å²) in [5.74, 6) is -0.888. The molecular formula is C18H18F2N4S. The molecule has 7 heteroatoms. The zero-order valence-corrected chi connectivity index (χ0v) is 14.6. The van der Waals surface area contributed by atoms with E-state index in [1.807, 2.05) is 11.4 Å². The summed E-state index contributed by atoms with van der Waals surface area (Å²) in [5, 5.41) is 4.94. The molecule has 1 saturated heterocycles. The Hall–Kier alpha value is -2.12. The van der Waals surface area contributed by atoms with E-state index in [1.54, 1.807) is 6.20 Å². The van der Waals surface area contributed by atoms with Gasteiger partial charge in [0.15, 0.2) is 5.82 Å². The van der Waals surface area contributed by atoms with E-state index < -0.39 is 11.6 Å². The van der Waals surface area contributed by atoms with Gasteiger partial charge in [0, 0.05) is 17.8 Å². The van der Waals surface area contributed by atoms with Crippen LogP contribution in [0.15, 0.2) is 29.8 Å². The number of rotatable bonds is 3. The van der Waals surface area contributed by atoms with Crippen LogP contribution in [-0.4, -0.2) is 41.0 Å². The van der Waals surface area contributed by atoms with Crippen LogP contribution in [0, 0.1) is 11.6 Å². The number of thiophene rings is 1. The molecular weight excluding hydrogens is 342 g/mol. The van der Waals surface area contributed by atoms with Crippen molar-refractivity contribution in [2.24, 2.45) is 0 Å². The minimum atomic E-state index is -0.608. The quantitative estimate of drug-likeness (QED) is 0.762. The largest absolute Gasteiger partial charge is 0.377 e. The first-order valence-electron chi connectivity index (χ1n) is 8.25. The molecule has 3 aromatic rings. The summed E-state index contributed by atoms with van der Waals surface area (Å²) >= 11 is 1.53. The normalized spacial score (nSPS) is 16.4. The van der Waals surface area contributed by atoms with Crippen molar-refractivity contribution in [1.29, 1.82) is 0 Å². The van der Waals surface area contributed by atoms with Gasteiger partial charge in [0.1, 0.15) is 17.3 Å². The van der Waals surface area contributed by atoms with Crippen molar-refractivity contribution < 1.29 is 8.78 Å². The number of halogens is 2. The molecule has 4 nitrogen and oxygen atoms in total. The molecule has 3 heterocycles. The molecule has 130 valence electrons. The van der Waals surface area contributed by atoms with Crippen molar-refractivity contribution >= 4 is 27.2 Å². The summed E-state index contributed by atoms with van der Waals surface area (Å²) in [6.45, 7) is 1.85. The van der Waals surface area contributed by atoms with Crippen molar-refractivity contribution in [2.75, 3.05) is 25.5 Å². The van der Waals surface area contributed by atoms with Crippen LogP contribution in [0.5, 0.6) is 0 Å². The van der Waals surface area contributed by atoms with E-state index >= 15 is 0 Å². The van der Waals surface area contributed by atoms with Crippen LogP contribution in [0.4, 0.5) is 14.5 Å². The van der Waals surface area contributed by atoms with Gasteiger partial charge in [0.25, 0.3) is 0 Å². The zero-order chi connectivity index (χ0) is 17.4. The van der Waals surface area contributed by atoms with E-state index in [2.05, 4.69) is 27.2 Å². The first kappa shape index (κ1) is 16.4. The SMILES string of the molecule is CN1CCC(Nc2c(F)cc(-c3ncc4sccc4n3)cc2F)CC1. The van der Waals surface area contributed by atoms with Crippen LogP contribution in [0.25, 0.3) is 21.6 Å². The Kier molecular flexibility index (Phi) is 4.35. The highest BCUT2D eigenvalue weighted by atomic mass is 32.1. The molecule has 4 rings (SSSR count). The van der Waals surface area contributed by atoms with Gasteiger partial charge in [-0.15, -0.1) is 11.3 Å². The fraction of sp³-hybridized carbons (Fsp3) is 0.333. The lowest BCUT2D eigenvalue weighted by molar-refractivity contribution is 0.263. The first-order chi connectivity index (χ1) is 12.1. The number of hydrogen-bond donors (Lipinski definition) is 1. The second-order valence-electron chi connectivity index (χ2n) is 6.40. The lowest BCUT2D eigenvalue weighted by atomic mass is 10.0. The van der Waals surface area contributed by atoms with Gasteiger partial charge in [-0.1, -0.05) is 0 Å². The monoisotopic (exact) mass is 360 g/mol. The van der Waals surface area contributed by atoms with Gasteiger partial charge in [-0.3, -0.25) is 0 Å². The molecule has 0 amide bonds. The second kappa shape index (κ2) is 6.65. The highest BCUT2D eigenvalue weighted by molar-refractivity contribution is 7.17. The summed E-state index contributed by atoms with van der Waals surface area (Å²) in [4.78, 5) is 10.8. The molecule has 1 aliphatic rings. The third-order valence-corrected chi connectivity index (χ3v) is 5.41. The van der Waals surface area contributed by atoms with E-state index in [4.69, 9.17) is 0 Å². The number of aromatic nitrogens is 2. The average Bonchev–Trinajstić information content (AvgIpc) is 3.07. The highest BCUT2D eigenvalue weighted by Crippen LogP contribution is 2.28. The maximum absolute atomic E-state index is 14.5. The van der Waals surface area contributed by atoms with Crippen molar-refractivity contribution in [3.63, 3.8) is 0 Å². The lowest BCUT2D eigenvalue weighted by Gasteiger charge is -2.30. The number of likely N-dealkylation sites (tertiary alicyclic amines) is 1. The van der Waals surface area contributed by atoms with Crippen molar-refractivity contribution in [3.05, 3.63) is 41.4 Å². The van der Waals surface area contributed by atoms with Gasteiger partial charge in [-0.2, -0.15) is 0 Å². The molecule has 1 N–H and O–H groups in total. The zero-order valence-electron chi connectivity index (χ0n) is 13.8. The summed E-state index contributed by atoms with van der Waals surface area (Å²) in [6.07, 6.45) is 3.42. The van der Waals surface area contributed by atoms with Gasteiger partial charge in [-0.25, -0.2) is 18.7 Å². The molecule has 2 aromatic heterocycles. The van der Waals surface area contributed by atoms with Gasteiger partial charge in [-0.05, 0) is 56.6 Å². The van der Waals surface area contributed by atoms with E-state index in [0.29, 0.717) is 11.4 Å². The van der Waals surface area contributed by atoms with Crippen LogP contribution in [-0.2, 0) is 0 Å². The molecule has 0 radical (unpaired) electrons. The lowest BCUT2D eigenvalue weighted by Crippen LogP contribution is -2.37.